The summed E-state index contributed by atoms with van der Waals surface area (Å²) >= 11 is 0. The Morgan fingerprint density at radius 2 is 2.00 bits per heavy atom. The van der Waals surface area contributed by atoms with Gasteiger partial charge in [0.15, 0.2) is 0 Å². The lowest BCUT2D eigenvalue weighted by molar-refractivity contribution is -0.142. The fraction of sp³-hybridized carbons (Fsp3) is 0.533. The first-order valence-corrected chi connectivity index (χ1v) is 6.93. The van der Waals surface area contributed by atoms with Crippen molar-refractivity contribution in [1.82, 2.24) is 5.48 Å². The highest BCUT2D eigenvalue weighted by atomic mass is 16.6. The molecule has 0 aliphatic heterocycles. The van der Waals surface area contributed by atoms with Crippen molar-refractivity contribution in [2.75, 3.05) is 6.54 Å². The number of para-hydroxylation sites is 1. The lowest BCUT2D eigenvalue weighted by atomic mass is 9.93. The normalized spacial score (nSPS) is 17.3. The number of carbonyl (C=O) groups is 1. The molecule has 0 saturated heterocycles. The number of rotatable bonds is 7. The van der Waals surface area contributed by atoms with Gasteiger partial charge in [0, 0.05) is 6.54 Å². The summed E-state index contributed by atoms with van der Waals surface area (Å²) < 4.78 is 0. The number of carboxylic acids is 1. The van der Waals surface area contributed by atoms with Gasteiger partial charge < -0.3 is 9.94 Å². The van der Waals surface area contributed by atoms with Gasteiger partial charge in [0.2, 0.25) is 0 Å². The molecule has 0 amide bonds. The van der Waals surface area contributed by atoms with Gasteiger partial charge in [-0.3, -0.25) is 4.79 Å². The minimum atomic E-state index is -0.740. The number of nitrogens with one attached hydrogen (secondary N) is 1. The van der Waals surface area contributed by atoms with Crippen LogP contribution >= 0.6 is 0 Å². The van der Waals surface area contributed by atoms with Crippen LogP contribution in [0.4, 0.5) is 0 Å². The molecule has 1 saturated carbocycles. The van der Waals surface area contributed by atoms with E-state index in [-0.39, 0.29) is 5.92 Å². The summed E-state index contributed by atoms with van der Waals surface area (Å²) in [5.74, 6) is 0.162. The van der Waals surface area contributed by atoms with Crippen LogP contribution in [0.3, 0.4) is 0 Å². The number of aliphatic carboxylic acids is 1. The Labute approximate surface area is 113 Å². The predicted octanol–water partition coefficient (Wildman–Crippen LogP) is 2.85. The first kappa shape index (κ1) is 13.9. The molecule has 2 rings (SSSR count). The Morgan fingerprint density at radius 1 is 1.32 bits per heavy atom. The molecule has 4 nitrogen and oxygen atoms in total. The van der Waals surface area contributed by atoms with Crippen molar-refractivity contribution in [3.05, 3.63) is 30.3 Å². The van der Waals surface area contributed by atoms with Gasteiger partial charge in [-0.05, 0) is 24.5 Å². The molecule has 0 heterocycles. The maximum Gasteiger partial charge on any atom is 0.307 e. The molecule has 0 radical (unpaired) electrons. The number of hydrogen-bond donors (Lipinski definition) is 2. The van der Waals surface area contributed by atoms with Crippen molar-refractivity contribution in [2.24, 2.45) is 11.8 Å². The second-order valence-electron chi connectivity index (χ2n) is 5.18. The van der Waals surface area contributed by atoms with Crippen molar-refractivity contribution in [1.29, 1.82) is 0 Å². The highest BCUT2D eigenvalue weighted by Gasteiger charge is 2.24. The number of carboxylic acid groups (broad SMARTS) is 1. The smallest absolute Gasteiger partial charge is 0.307 e. The fourth-order valence-electron chi connectivity index (χ4n) is 2.63. The predicted molar refractivity (Wildman–Crippen MR) is 72.8 cm³/mol. The average molecular weight is 263 g/mol. The van der Waals surface area contributed by atoms with E-state index < -0.39 is 5.97 Å². The van der Waals surface area contributed by atoms with Gasteiger partial charge in [-0.1, -0.05) is 43.9 Å². The zero-order valence-electron chi connectivity index (χ0n) is 11.0. The summed E-state index contributed by atoms with van der Waals surface area (Å²) in [6, 6.07) is 9.33. The molecule has 1 unspecified atom stereocenters. The fourth-order valence-corrected chi connectivity index (χ4v) is 2.63. The highest BCUT2D eigenvalue weighted by molar-refractivity contribution is 5.70. The lowest BCUT2D eigenvalue weighted by Crippen LogP contribution is -2.31. The van der Waals surface area contributed by atoms with Crippen LogP contribution in [-0.4, -0.2) is 17.6 Å². The number of benzene rings is 1. The van der Waals surface area contributed by atoms with Crippen LogP contribution in [0.5, 0.6) is 5.75 Å². The van der Waals surface area contributed by atoms with Crippen LogP contribution in [0.25, 0.3) is 0 Å². The first-order chi connectivity index (χ1) is 9.25. The Morgan fingerprint density at radius 3 is 2.63 bits per heavy atom. The summed E-state index contributed by atoms with van der Waals surface area (Å²) in [5.41, 5.74) is 2.78. The van der Waals surface area contributed by atoms with E-state index in [2.05, 4.69) is 5.48 Å². The topological polar surface area (TPSA) is 58.6 Å². The molecular formula is C15H21NO3. The summed E-state index contributed by atoms with van der Waals surface area (Å²) in [6.45, 7) is 0.348. The quantitative estimate of drug-likeness (QED) is 0.743. The summed E-state index contributed by atoms with van der Waals surface area (Å²) in [5, 5.41) is 9.24. The largest absolute Gasteiger partial charge is 0.481 e. The van der Waals surface area contributed by atoms with Crippen LogP contribution in [0.1, 0.15) is 32.1 Å². The molecule has 1 aromatic rings. The SMILES string of the molecule is O=C(O)C(CNOc1ccccc1)CC1CCCC1. The van der Waals surface area contributed by atoms with Crippen LogP contribution in [0.2, 0.25) is 0 Å². The van der Waals surface area contributed by atoms with Gasteiger partial charge in [-0.25, -0.2) is 0 Å². The standard InChI is InChI=1S/C15H21NO3/c17-15(18)13(10-12-6-4-5-7-12)11-16-19-14-8-2-1-3-9-14/h1-3,8-9,12-13,16H,4-7,10-11H2,(H,17,18). The van der Waals surface area contributed by atoms with E-state index in [1.165, 1.54) is 25.7 Å². The van der Waals surface area contributed by atoms with Gasteiger partial charge in [-0.15, -0.1) is 0 Å². The zero-order chi connectivity index (χ0) is 13.5. The van der Waals surface area contributed by atoms with E-state index in [1.807, 2.05) is 30.3 Å². The molecule has 104 valence electrons. The van der Waals surface area contributed by atoms with Crippen molar-refractivity contribution < 1.29 is 14.7 Å². The summed E-state index contributed by atoms with van der Waals surface area (Å²) in [6.07, 6.45) is 5.57. The van der Waals surface area contributed by atoms with Crippen molar-refractivity contribution in [2.45, 2.75) is 32.1 Å². The number of hydroxylamine groups is 1. The maximum absolute atomic E-state index is 11.2. The van der Waals surface area contributed by atoms with Crippen molar-refractivity contribution in [3.8, 4) is 5.75 Å². The Balaban J connectivity index is 1.75. The van der Waals surface area contributed by atoms with E-state index in [1.54, 1.807) is 0 Å². The summed E-state index contributed by atoms with van der Waals surface area (Å²) in [7, 11) is 0. The maximum atomic E-state index is 11.2. The second-order valence-corrected chi connectivity index (χ2v) is 5.18. The molecule has 4 heteroatoms. The molecule has 1 aliphatic rings. The zero-order valence-corrected chi connectivity index (χ0v) is 11.0. The van der Waals surface area contributed by atoms with E-state index in [0.717, 1.165) is 6.42 Å². The average Bonchev–Trinajstić information content (AvgIpc) is 2.91. The molecule has 0 bridgehead atoms. The van der Waals surface area contributed by atoms with Gasteiger partial charge in [0.1, 0.15) is 5.75 Å². The van der Waals surface area contributed by atoms with Crippen LogP contribution < -0.4 is 10.3 Å². The van der Waals surface area contributed by atoms with Crippen LogP contribution in [0.15, 0.2) is 30.3 Å². The minimum Gasteiger partial charge on any atom is -0.481 e. The third-order valence-electron chi connectivity index (χ3n) is 3.70. The molecule has 0 aromatic heterocycles. The first-order valence-electron chi connectivity index (χ1n) is 6.93. The molecule has 0 spiro atoms. The molecule has 2 N–H and O–H groups in total. The van der Waals surface area contributed by atoms with Gasteiger partial charge in [0.25, 0.3) is 0 Å². The molecule has 1 atom stereocenters. The Kier molecular flexibility index (Phi) is 5.21. The highest BCUT2D eigenvalue weighted by Crippen LogP contribution is 2.30. The number of hydrogen-bond acceptors (Lipinski definition) is 3. The Bertz CT molecular complexity index is 388. The lowest BCUT2D eigenvalue weighted by Gasteiger charge is -2.17. The Hall–Kier alpha value is -1.55. The van der Waals surface area contributed by atoms with E-state index in [0.29, 0.717) is 18.2 Å². The van der Waals surface area contributed by atoms with Gasteiger partial charge in [-0.2, -0.15) is 5.48 Å². The second kappa shape index (κ2) is 7.14. The molecule has 1 aromatic carbocycles. The molecule has 1 fully saturated rings. The summed E-state index contributed by atoms with van der Waals surface area (Å²) in [4.78, 5) is 16.6. The monoisotopic (exact) mass is 263 g/mol. The van der Waals surface area contributed by atoms with Crippen LogP contribution in [-0.2, 0) is 4.79 Å². The molecule has 1 aliphatic carbocycles. The third-order valence-corrected chi connectivity index (χ3v) is 3.70. The minimum absolute atomic E-state index is 0.348. The van der Waals surface area contributed by atoms with E-state index in [9.17, 15) is 9.90 Å². The van der Waals surface area contributed by atoms with Gasteiger partial charge in [0.05, 0.1) is 5.92 Å². The van der Waals surface area contributed by atoms with Gasteiger partial charge >= 0.3 is 5.97 Å². The van der Waals surface area contributed by atoms with Crippen molar-refractivity contribution in [3.63, 3.8) is 0 Å². The van der Waals surface area contributed by atoms with E-state index in [4.69, 9.17) is 4.84 Å². The van der Waals surface area contributed by atoms with Crippen molar-refractivity contribution >= 4 is 5.97 Å². The molecular weight excluding hydrogens is 242 g/mol. The van der Waals surface area contributed by atoms with Crippen LogP contribution in [0, 0.1) is 11.8 Å². The third kappa shape index (κ3) is 4.56. The molecule has 19 heavy (non-hydrogen) atoms. The van der Waals surface area contributed by atoms with E-state index >= 15 is 0 Å².